The molecule has 7 heteroatoms. The monoisotopic (exact) mass is 356 g/mol. The SMILES string of the molecule is CC(OC(=O)c1ccc(Cn2cncn2)cc1)C(=O)N1CCCCCC1. The van der Waals surface area contributed by atoms with Gasteiger partial charge in [-0.05, 0) is 37.5 Å². The van der Waals surface area contributed by atoms with Crippen molar-refractivity contribution in [2.45, 2.75) is 45.3 Å². The minimum atomic E-state index is -0.768. The molecule has 1 aliphatic rings. The van der Waals surface area contributed by atoms with Gasteiger partial charge < -0.3 is 9.64 Å². The van der Waals surface area contributed by atoms with Crippen LogP contribution >= 0.6 is 0 Å². The van der Waals surface area contributed by atoms with Crippen molar-refractivity contribution in [3.05, 3.63) is 48.0 Å². The summed E-state index contributed by atoms with van der Waals surface area (Å²) in [6, 6.07) is 7.11. The molecule has 0 N–H and O–H groups in total. The van der Waals surface area contributed by atoms with E-state index in [4.69, 9.17) is 4.74 Å². The van der Waals surface area contributed by atoms with Gasteiger partial charge in [0.15, 0.2) is 6.10 Å². The van der Waals surface area contributed by atoms with E-state index in [1.807, 2.05) is 17.0 Å². The molecule has 1 amide bonds. The second-order valence-electron chi connectivity index (χ2n) is 6.58. The summed E-state index contributed by atoms with van der Waals surface area (Å²) in [7, 11) is 0. The lowest BCUT2D eigenvalue weighted by atomic mass is 10.1. The smallest absolute Gasteiger partial charge is 0.338 e. The number of carbonyl (C=O) groups is 2. The fourth-order valence-electron chi connectivity index (χ4n) is 3.07. The van der Waals surface area contributed by atoms with Crippen molar-refractivity contribution in [1.29, 1.82) is 0 Å². The standard InChI is InChI=1S/C19H24N4O3/c1-15(18(24)22-10-4-2-3-5-11-22)26-19(25)17-8-6-16(7-9-17)12-23-14-20-13-21-23/h6-9,13-15H,2-5,10-12H2,1H3. The Labute approximate surface area is 153 Å². The van der Waals surface area contributed by atoms with E-state index in [9.17, 15) is 9.59 Å². The van der Waals surface area contributed by atoms with Crippen molar-refractivity contribution in [2.75, 3.05) is 13.1 Å². The molecule has 0 spiro atoms. The average Bonchev–Trinajstić information content (AvgIpc) is 3.01. The lowest BCUT2D eigenvalue weighted by molar-refractivity contribution is -0.139. The normalized spacial score (nSPS) is 16.0. The van der Waals surface area contributed by atoms with Gasteiger partial charge in [-0.15, -0.1) is 0 Å². The number of hydrogen-bond donors (Lipinski definition) is 0. The molecule has 1 aromatic heterocycles. The third-order valence-electron chi connectivity index (χ3n) is 4.55. The third-order valence-corrected chi connectivity index (χ3v) is 4.55. The van der Waals surface area contributed by atoms with Crippen LogP contribution in [0, 0.1) is 0 Å². The molecule has 2 heterocycles. The van der Waals surface area contributed by atoms with Crippen molar-refractivity contribution in [2.24, 2.45) is 0 Å². The van der Waals surface area contributed by atoms with Crippen LogP contribution in [0.2, 0.25) is 0 Å². The lowest BCUT2D eigenvalue weighted by Gasteiger charge is -2.24. The quantitative estimate of drug-likeness (QED) is 0.768. The van der Waals surface area contributed by atoms with Gasteiger partial charge in [0.1, 0.15) is 12.7 Å². The van der Waals surface area contributed by atoms with E-state index in [0.717, 1.165) is 44.3 Å². The zero-order valence-electron chi connectivity index (χ0n) is 15.0. The van der Waals surface area contributed by atoms with Gasteiger partial charge in [-0.3, -0.25) is 4.79 Å². The van der Waals surface area contributed by atoms with Gasteiger partial charge >= 0.3 is 5.97 Å². The molecule has 1 unspecified atom stereocenters. The maximum Gasteiger partial charge on any atom is 0.338 e. The van der Waals surface area contributed by atoms with Crippen molar-refractivity contribution >= 4 is 11.9 Å². The van der Waals surface area contributed by atoms with Gasteiger partial charge in [0.25, 0.3) is 5.91 Å². The average molecular weight is 356 g/mol. The maximum absolute atomic E-state index is 12.5. The molecule has 1 aromatic carbocycles. The second kappa shape index (κ2) is 8.60. The predicted molar refractivity (Wildman–Crippen MR) is 95.5 cm³/mol. The van der Waals surface area contributed by atoms with E-state index < -0.39 is 12.1 Å². The molecular formula is C19H24N4O3. The molecular weight excluding hydrogens is 332 g/mol. The van der Waals surface area contributed by atoms with Crippen molar-refractivity contribution in [3.8, 4) is 0 Å². The van der Waals surface area contributed by atoms with Crippen LogP contribution in [0.4, 0.5) is 0 Å². The molecule has 1 saturated heterocycles. The van der Waals surface area contributed by atoms with Gasteiger partial charge in [-0.2, -0.15) is 5.10 Å². The number of ether oxygens (including phenoxy) is 1. The fraction of sp³-hybridized carbons (Fsp3) is 0.474. The first-order chi connectivity index (χ1) is 12.6. The Kier molecular flexibility index (Phi) is 5.99. The number of carbonyl (C=O) groups excluding carboxylic acids is 2. The maximum atomic E-state index is 12.5. The molecule has 3 rings (SSSR count). The summed E-state index contributed by atoms with van der Waals surface area (Å²) in [5.74, 6) is -0.587. The van der Waals surface area contributed by atoms with Crippen molar-refractivity contribution in [1.82, 2.24) is 19.7 Å². The number of hydrogen-bond acceptors (Lipinski definition) is 5. The molecule has 26 heavy (non-hydrogen) atoms. The summed E-state index contributed by atoms with van der Waals surface area (Å²) in [5.41, 5.74) is 1.43. The minimum Gasteiger partial charge on any atom is -0.449 e. The predicted octanol–water partition coefficient (Wildman–Crippen LogP) is 2.27. The number of likely N-dealkylation sites (tertiary alicyclic amines) is 1. The highest BCUT2D eigenvalue weighted by Crippen LogP contribution is 2.13. The highest BCUT2D eigenvalue weighted by Gasteiger charge is 2.24. The number of rotatable bonds is 5. The molecule has 2 aromatic rings. The third kappa shape index (κ3) is 4.68. The van der Waals surface area contributed by atoms with Crippen LogP contribution in [0.25, 0.3) is 0 Å². The van der Waals surface area contributed by atoms with Gasteiger partial charge in [-0.1, -0.05) is 25.0 Å². The first-order valence-electron chi connectivity index (χ1n) is 9.04. The number of benzene rings is 1. The second-order valence-corrected chi connectivity index (χ2v) is 6.58. The largest absolute Gasteiger partial charge is 0.449 e. The van der Waals surface area contributed by atoms with Crippen LogP contribution < -0.4 is 0 Å². The first kappa shape index (κ1) is 18.1. The molecule has 0 saturated carbocycles. The fourth-order valence-corrected chi connectivity index (χ4v) is 3.07. The zero-order valence-corrected chi connectivity index (χ0v) is 15.0. The highest BCUT2D eigenvalue weighted by molar-refractivity contribution is 5.92. The van der Waals surface area contributed by atoms with E-state index >= 15 is 0 Å². The molecule has 138 valence electrons. The molecule has 7 nitrogen and oxygen atoms in total. The van der Waals surface area contributed by atoms with E-state index in [2.05, 4.69) is 10.1 Å². The van der Waals surface area contributed by atoms with Crippen LogP contribution in [0.15, 0.2) is 36.9 Å². The highest BCUT2D eigenvalue weighted by atomic mass is 16.5. The zero-order chi connectivity index (χ0) is 18.4. The van der Waals surface area contributed by atoms with Crippen molar-refractivity contribution < 1.29 is 14.3 Å². The Morgan fingerprint density at radius 3 is 2.42 bits per heavy atom. The topological polar surface area (TPSA) is 77.3 Å². The summed E-state index contributed by atoms with van der Waals surface area (Å²) in [6.07, 6.45) is 6.68. The van der Waals surface area contributed by atoms with Crippen LogP contribution in [0.5, 0.6) is 0 Å². The molecule has 0 bridgehead atoms. The summed E-state index contributed by atoms with van der Waals surface area (Å²) >= 11 is 0. The molecule has 0 radical (unpaired) electrons. The summed E-state index contributed by atoms with van der Waals surface area (Å²) in [5, 5.41) is 4.05. The summed E-state index contributed by atoms with van der Waals surface area (Å²) in [4.78, 5) is 30.5. The number of amides is 1. The number of esters is 1. The minimum absolute atomic E-state index is 0.108. The van der Waals surface area contributed by atoms with Gasteiger partial charge in [0, 0.05) is 13.1 Å². The Morgan fingerprint density at radius 2 is 1.81 bits per heavy atom. The molecule has 1 aliphatic heterocycles. The summed E-state index contributed by atoms with van der Waals surface area (Å²) in [6.45, 7) is 3.72. The van der Waals surface area contributed by atoms with Crippen LogP contribution in [-0.2, 0) is 16.1 Å². The number of nitrogens with zero attached hydrogens (tertiary/aromatic N) is 4. The van der Waals surface area contributed by atoms with Gasteiger partial charge in [0.05, 0.1) is 12.1 Å². The van der Waals surface area contributed by atoms with E-state index in [-0.39, 0.29) is 5.91 Å². The summed E-state index contributed by atoms with van der Waals surface area (Å²) < 4.78 is 7.08. The lowest BCUT2D eigenvalue weighted by Crippen LogP contribution is -2.40. The van der Waals surface area contributed by atoms with E-state index in [1.165, 1.54) is 6.33 Å². The Morgan fingerprint density at radius 1 is 1.12 bits per heavy atom. The van der Waals surface area contributed by atoms with Crippen LogP contribution in [0.3, 0.4) is 0 Å². The Balaban J connectivity index is 1.55. The first-order valence-corrected chi connectivity index (χ1v) is 9.04. The van der Waals surface area contributed by atoms with Crippen LogP contribution in [0.1, 0.15) is 48.5 Å². The Hall–Kier alpha value is -2.70. The molecule has 1 fully saturated rings. The van der Waals surface area contributed by atoms with Gasteiger partial charge in [-0.25, -0.2) is 14.5 Å². The Bertz CT molecular complexity index is 720. The number of aromatic nitrogens is 3. The van der Waals surface area contributed by atoms with Crippen LogP contribution in [-0.4, -0.2) is 50.7 Å². The van der Waals surface area contributed by atoms with E-state index in [0.29, 0.717) is 12.1 Å². The van der Waals surface area contributed by atoms with E-state index in [1.54, 1.807) is 30.1 Å². The molecule has 0 aliphatic carbocycles. The van der Waals surface area contributed by atoms with Gasteiger partial charge in [0.2, 0.25) is 0 Å². The molecule has 1 atom stereocenters. The van der Waals surface area contributed by atoms with Crippen molar-refractivity contribution in [3.63, 3.8) is 0 Å².